The van der Waals surface area contributed by atoms with Crippen molar-refractivity contribution >= 4 is 22.6 Å². The number of benzene rings is 2. The summed E-state index contributed by atoms with van der Waals surface area (Å²) in [5.74, 6) is -1.27. The maximum Gasteiger partial charge on any atom is 0.324 e. The van der Waals surface area contributed by atoms with Crippen molar-refractivity contribution in [1.82, 2.24) is 20.2 Å². The third-order valence-electron chi connectivity index (χ3n) is 3.95. The average Bonchev–Trinajstić information content (AvgIpc) is 3.11. The van der Waals surface area contributed by atoms with Crippen molar-refractivity contribution < 1.29 is 23.4 Å². The van der Waals surface area contributed by atoms with Crippen LogP contribution in [0, 0.1) is 11.6 Å². The highest BCUT2D eigenvalue weighted by atomic mass is 35.5. The molecule has 0 aliphatic carbocycles. The van der Waals surface area contributed by atoms with Crippen molar-refractivity contribution in [1.29, 1.82) is 0 Å². The first kappa shape index (κ1) is 19.0. The molecule has 0 fully saturated rings. The first-order valence-electron chi connectivity index (χ1n) is 8.43. The number of hydrogen-bond acceptors (Lipinski definition) is 6. The zero-order valence-corrected chi connectivity index (χ0v) is 15.5. The van der Waals surface area contributed by atoms with E-state index in [2.05, 4.69) is 20.2 Å². The van der Waals surface area contributed by atoms with Crippen molar-refractivity contribution in [2.24, 2.45) is 0 Å². The molecule has 0 aliphatic heterocycles. The highest BCUT2D eigenvalue weighted by molar-refractivity contribution is 6.33. The van der Waals surface area contributed by atoms with Gasteiger partial charge in [0, 0.05) is 17.8 Å². The van der Waals surface area contributed by atoms with E-state index in [1.807, 2.05) is 0 Å². The van der Waals surface area contributed by atoms with E-state index >= 15 is 0 Å². The van der Waals surface area contributed by atoms with E-state index < -0.39 is 11.6 Å². The third kappa shape index (κ3) is 3.96. The number of nitrogens with one attached hydrogen (secondary N) is 1. The van der Waals surface area contributed by atoms with Gasteiger partial charge in [0.25, 0.3) is 0 Å². The zero-order valence-electron chi connectivity index (χ0n) is 14.7. The number of aromatic amines is 1. The summed E-state index contributed by atoms with van der Waals surface area (Å²) in [4.78, 5) is 8.22. The van der Waals surface area contributed by atoms with E-state index in [1.54, 1.807) is 18.2 Å². The molecule has 2 aromatic heterocycles. The molecule has 0 unspecified atom stereocenters. The van der Waals surface area contributed by atoms with Crippen LogP contribution in [0.2, 0.25) is 5.02 Å². The summed E-state index contributed by atoms with van der Waals surface area (Å²) >= 11 is 6.33. The minimum absolute atomic E-state index is 0.104. The van der Waals surface area contributed by atoms with E-state index in [4.69, 9.17) is 26.2 Å². The topological polar surface area (TPSA) is 93.2 Å². The molecule has 0 atom stereocenters. The van der Waals surface area contributed by atoms with Crippen LogP contribution in [0.25, 0.3) is 22.3 Å². The molecule has 0 amide bonds. The third-order valence-corrected chi connectivity index (χ3v) is 4.26. The Balaban J connectivity index is 1.63. The fourth-order valence-corrected chi connectivity index (χ4v) is 2.91. The van der Waals surface area contributed by atoms with Crippen LogP contribution < -0.4 is 9.47 Å². The van der Waals surface area contributed by atoms with Crippen molar-refractivity contribution in [3.05, 3.63) is 59.3 Å². The average molecular weight is 419 g/mol. The summed E-state index contributed by atoms with van der Waals surface area (Å²) in [6.45, 7) is 0.0548. The summed E-state index contributed by atoms with van der Waals surface area (Å²) in [5.41, 5.74) is 1.48. The second-order valence-electron chi connectivity index (χ2n) is 5.88. The Labute approximate surface area is 167 Å². The lowest BCUT2D eigenvalue weighted by atomic mass is 10.1. The Morgan fingerprint density at radius 2 is 2.00 bits per heavy atom. The largest absolute Gasteiger partial charge is 0.491 e. The van der Waals surface area contributed by atoms with Crippen molar-refractivity contribution in [3.8, 4) is 28.8 Å². The van der Waals surface area contributed by atoms with Gasteiger partial charge in [0.2, 0.25) is 0 Å². The molecule has 29 heavy (non-hydrogen) atoms. The molecule has 0 bridgehead atoms. The van der Waals surface area contributed by atoms with Gasteiger partial charge in [-0.05, 0) is 30.3 Å². The fourth-order valence-electron chi connectivity index (χ4n) is 2.65. The molecule has 0 aliphatic rings. The fraction of sp³-hybridized carbons (Fsp3) is 0.105. The van der Waals surface area contributed by atoms with Gasteiger partial charge in [0.05, 0.1) is 17.0 Å². The molecule has 4 rings (SSSR count). The molecule has 4 aromatic rings. The molecule has 10 heteroatoms. The van der Waals surface area contributed by atoms with Gasteiger partial charge in [-0.2, -0.15) is 10.1 Å². The first-order chi connectivity index (χ1) is 14.0. The number of nitrogens with zero attached hydrogens (tertiary/aromatic N) is 3. The zero-order chi connectivity index (χ0) is 20.4. The minimum Gasteiger partial charge on any atom is -0.491 e. The lowest BCUT2D eigenvalue weighted by Gasteiger charge is -2.07. The maximum atomic E-state index is 13.8. The Morgan fingerprint density at radius 3 is 2.76 bits per heavy atom. The summed E-state index contributed by atoms with van der Waals surface area (Å²) in [7, 11) is 0. The van der Waals surface area contributed by atoms with Crippen molar-refractivity contribution in [2.75, 3.05) is 13.2 Å². The van der Waals surface area contributed by atoms with Gasteiger partial charge >= 0.3 is 6.01 Å². The van der Waals surface area contributed by atoms with Gasteiger partial charge in [0.15, 0.2) is 17.2 Å². The lowest BCUT2D eigenvalue weighted by molar-refractivity contribution is 0.201. The second-order valence-corrected chi connectivity index (χ2v) is 6.28. The molecular formula is C19H13ClF2N4O3. The summed E-state index contributed by atoms with van der Waals surface area (Å²) < 4.78 is 37.4. The normalized spacial score (nSPS) is 11.0. The number of aliphatic hydroxyl groups excluding tert-OH is 1. The summed E-state index contributed by atoms with van der Waals surface area (Å²) in [5, 5.41) is 16.8. The monoisotopic (exact) mass is 418 g/mol. The van der Waals surface area contributed by atoms with Gasteiger partial charge in [-0.15, -0.1) is 0 Å². The molecule has 0 saturated heterocycles. The van der Waals surface area contributed by atoms with Crippen LogP contribution in [0.3, 0.4) is 0 Å². The molecule has 0 saturated carbocycles. The van der Waals surface area contributed by atoms with E-state index in [0.29, 0.717) is 39.1 Å². The van der Waals surface area contributed by atoms with Crippen LogP contribution in [-0.2, 0) is 0 Å². The number of aromatic nitrogens is 4. The number of rotatable bonds is 6. The highest BCUT2D eigenvalue weighted by Gasteiger charge is 2.15. The number of hydrogen-bond donors (Lipinski definition) is 2. The van der Waals surface area contributed by atoms with Gasteiger partial charge in [-0.25, -0.2) is 13.8 Å². The molecule has 0 spiro atoms. The number of halogens is 3. The van der Waals surface area contributed by atoms with Crippen molar-refractivity contribution in [2.45, 2.75) is 0 Å². The lowest BCUT2D eigenvalue weighted by Crippen LogP contribution is -2.01. The summed E-state index contributed by atoms with van der Waals surface area (Å²) in [6, 6.07) is 7.84. The van der Waals surface area contributed by atoms with Gasteiger partial charge in [0.1, 0.15) is 23.9 Å². The van der Waals surface area contributed by atoms with Crippen molar-refractivity contribution in [3.63, 3.8) is 0 Å². The van der Waals surface area contributed by atoms with Crippen LogP contribution in [0.15, 0.2) is 42.6 Å². The maximum absolute atomic E-state index is 13.8. The van der Waals surface area contributed by atoms with E-state index in [9.17, 15) is 8.78 Å². The Bertz CT molecular complexity index is 1190. The van der Waals surface area contributed by atoms with Gasteiger partial charge < -0.3 is 14.6 Å². The Morgan fingerprint density at radius 1 is 1.14 bits per heavy atom. The number of fused-ring (bicyclic) bond motifs is 1. The van der Waals surface area contributed by atoms with Gasteiger partial charge in [-0.3, -0.25) is 5.10 Å². The van der Waals surface area contributed by atoms with Crippen LogP contribution in [0.4, 0.5) is 8.78 Å². The predicted molar refractivity (Wildman–Crippen MR) is 101 cm³/mol. The van der Waals surface area contributed by atoms with Crippen LogP contribution in [0.5, 0.6) is 17.5 Å². The van der Waals surface area contributed by atoms with E-state index in [1.165, 1.54) is 6.20 Å². The molecule has 2 N–H and O–H groups in total. The first-order valence-corrected chi connectivity index (χ1v) is 8.80. The predicted octanol–water partition coefficient (Wildman–Crippen LogP) is 4.11. The number of ether oxygens (including phenoxy) is 2. The highest BCUT2D eigenvalue weighted by Crippen LogP contribution is 2.34. The van der Waals surface area contributed by atoms with Crippen LogP contribution >= 0.6 is 11.6 Å². The number of H-pyrrole nitrogens is 1. The minimum atomic E-state index is -0.866. The number of aliphatic hydroxyl groups is 1. The quantitative estimate of drug-likeness (QED) is 0.489. The molecule has 2 heterocycles. The molecule has 148 valence electrons. The van der Waals surface area contributed by atoms with Crippen LogP contribution in [0.1, 0.15) is 0 Å². The second kappa shape index (κ2) is 7.98. The molecule has 2 aromatic carbocycles. The SMILES string of the molecule is OCCOc1ccc(-c2n[nH]c3nc(Oc4ccc(F)cc4F)ncc23)c(Cl)c1. The smallest absolute Gasteiger partial charge is 0.324 e. The van der Waals surface area contributed by atoms with E-state index in [-0.39, 0.29) is 25.0 Å². The van der Waals surface area contributed by atoms with Gasteiger partial charge in [-0.1, -0.05) is 11.6 Å². The molecule has 7 nitrogen and oxygen atoms in total. The summed E-state index contributed by atoms with van der Waals surface area (Å²) in [6.07, 6.45) is 1.46. The Hall–Kier alpha value is -3.30. The molecule has 0 radical (unpaired) electrons. The Kier molecular flexibility index (Phi) is 5.24. The standard InChI is InChI=1S/C19H13ClF2N4O3/c20-14-8-11(28-6-5-27)2-3-12(14)17-13-9-23-19(24-18(13)26-25-17)29-16-4-1-10(21)7-15(16)22/h1-4,7-9,27H,5-6H2,(H,23,24,25,26). The van der Waals surface area contributed by atoms with E-state index in [0.717, 1.165) is 12.1 Å². The van der Waals surface area contributed by atoms with Crippen LogP contribution in [-0.4, -0.2) is 38.5 Å². The molecular weight excluding hydrogens is 406 g/mol.